The minimum absolute atomic E-state index is 0.183. The molecule has 3 rings (SSSR count). The smallest absolute Gasteiger partial charge is 0.315 e. The Kier molecular flexibility index (Phi) is 6.41. The van der Waals surface area contributed by atoms with E-state index in [9.17, 15) is 9.59 Å². The molecule has 0 aliphatic heterocycles. The maximum absolute atomic E-state index is 12.4. The van der Waals surface area contributed by atoms with Gasteiger partial charge >= 0.3 is 6.03 Å². The lowest BCUT2D eigenvalue weighted by Crippen LogP contribution is -2.34. The highest BCUT2D eigenvalue weighted by Crippen LogP contribution is 2.10. The van der Waals surface area contributed by atoms with Gasteiger partial charge in [0.15, 0.2) is 0 Å². The average Bonchev–Trinajstić information content (AvgIpc) is 2.73. The number of anilines is 1. The van der Waals surface area contributed by atoms with Crippen LogP contribution in [0.3, 0.4) is 0 Å². The summed E-state index contributed by atoms with van der Waals surface area (Å²) in [4.78, 5) is 24.4. The van der Waals surface area contributed by atoms with Crippen LogP contribution >= 0.6 is 0 Å². The van der Waals surface area contributed by atoms with Gasteiger partial charge in [-0.05, 0) is 42.3 Å². The first-order valence-electron chi connectivity index (χ1n) is 9.13. The predicted molar refractivity (Wildman–Crippen MR) is 111 cm³/mol. The average molecular weight is 373 g/mol. The van der Waals surface area contributed by atoms with E-state index >= 15 is 0 Å². The molecule has 0 aromatic heterocycles. The molecule has 0 heterocycles. The van der Waals surface area contributed by atoms with Crippen LogP contribution in [0.4, 0.5) is 10.5 Å². The molecule has 0 spiro atoms. The Labute approximate surface area is 164 Å². The van der Waals surface area contributed by atoms with Gasteiger partial charge in [-0.25, -0.2) is 4.79 Å². The second kappa shape index (κ2) is 9.37. The van der Waals surface area contributed by atoms with Gasteiger partial charge in [-0.15, -0.1) is 0 Å². The van der Waals surface area contributed by atoms with E-state index in [2.05, 4.69) is 16.0 Å². The summed E-state index contributed by atoms with van der Waals surface area (Å²) in [5.41, 5.74) is 4.37. The number of hydrogen-bond acceptors (Lipinski definition) is 2. The number of hydrogen-bond donors (Lipinski definition) is 3. The first-order valence-corrected chi connectivity index (χ1v) is 9.13. The third-order valence-electron chi connectivity index (χ3n) is 4.25. The maximum atomic E-state index is 12.4. The van der Waals surface area contributed by atoms with Gasteiger partial charge < -0.3 is 16.0 Å². The Morgan fingerprint density at radius 2 is 1.43 bits per heavy atom. The number of rotatable bonds is 6. The van der Waals surface area contributed by atoms with Crippen LogP contribution in [0.5, 0.6) is 0 Å². The second-order valence-electron chi connectivity index (χ2n) is 6.54. The van der Waals surface area contributed by atoms with Crippen LogP contribution in [0, 0.1) is 6.92 Å². The lowest BCUT2D eigenvalue weighted by molar-refractivity contribution is 0.102. The number of benzene rings is 3. The summed E-state index contributed by atoms with van der Waals surface area (Å²) in [5, 5.41) is 8.50. The maximum Gasteiger partial charge on any atom is 0.315 e. The third-order valence-corrected chi connectivity index (χ3v) is 4.25. The summed E-state index contributed by atoms with van der Waals surface area (Å²) in [5.74, 6) is -0.183. The quantitative estimate of drug-likeness (QED) is 0.605. The van der Waals surface area contributed by atoms with Crippen LogP contribution in [0.15, 0.2) is 78.9 Å². The van der Waals surface area contributed by atoms with Crippen molar-refractivity contribution < 1.29 is 9.59 Å². The van der Waals surface area contributed by atoms with Crippen molar-refractivity contribution in [3.05, 3.63) is 101 Å². The number of amides is 3. The molecular weight excluding hydrogens is 350 g/mol. The van der Waals surface area contributed by atoms with Crippen molar-refractivity contribution in [2.24, 2.45) is 0 Å². The van der Waals surface area contributed by atoms with Gasteiger partial charge in [-0.1, -0.05) is 60.2 Å². The number of carbonyl (C=O) groups is 2. The predicted octanol–water partition coefficient (Wildman–Crippen LogP) is 4.25. The molecule has 0 saturated heterocycles. The van der Waals surface area contributed by atoms with Gasteiger partial charge in [-0.3, -0.25) is 4.79 Å². The van der Waals surface area contributed by atoms with Crippen LogP contribution in [0.2, 0.25) is 0 Å². The number of para-hydroxylation sites is 1. The Morgan fingerprint density at radius 3 is 2.14 bits per heavy atom. The van der Waals surface area contributed by atoms with Crippen LogP contribution in [-0.2, 0) is 13.1 Å². The largest absolute Gasteiger partial charge is 0.334 e. The van der Waals surface area contributed by atoms with E-state index in [4.69, 9.17) is 0 Å². The van der Waals surface area contributed by atoms with E-state index < -0.39 is 0 Å². The molecule has 3 aromatic carbocycles. The number of aryl methyl sites for hydroxylation is 1. The summed E-state index contributed by atoms with van der Waals surface area (Å²) < 4.78 is 0. The molecule has 3 N–H and O–H groups in total. The fraction of sp³-hybridized carbons (Fsp3) is 0.130. The first kappa shape index (κ1) is 19.2. The minimum atomic E-state index is -0.250. The third kappa shape index (κ3) is 5.71. The molecule has 0 aliphatic rings. The van der Waals surface area contributed by atoms with Crippen LogP contribution < -0.4 is 16.0 Å². The summed E-state index contributed by atoms with van der Waals surface area (Å²) in [6.45, 7) is 2.83. The lowest BCUT2D eigenvalue weighted by atomic mass is 10.1. The van der Waals surface area contributed by atoms with Crippen molar-refractivity contribution >= 4 is 17.6 Å². The molecule has 0 aliphatic carbocycles. The summed E-state index contributed by atoms with van der Waals surface area (Å²) in [6.07, 6.45) is 0. The minimum Gasteiger partial charge on any atom is -0.334 e. The van der Waals surface area contributed by atoms with Crippen LogP contribution in [0.25, 0.3) is 0 Å². The zero-order chi connectivity index (χ0) is 19.8. The van der Waals surface area contributed by atoms with Crippen molar-refractivity contribution in [3.63, 3.8) is 0 Å². The van der Waals surface area contributed by atoms with Gasteiger partial charge in [0.2, 0.25) is 0 Å². The summed E-state index contributed by atoms with van der Waals surface area (Å²) in [7, 11) is 0. The number of urea groups is 1. The zero-order valence-corrected chi connectivity index (χ0v) is 15.7. The number of nitrogens with one attached hydrogen (secondary N) is 3. The highest BCUT2D eigenvalue weighted by Gasteiger charge is 2.07. The van der Waals surface area contributed by atoms with Crippen molar-refractivity contribution in [1.82, 2.24) is 10.6 Å². The Bertz CT molecular complexity index is 938. The van der Waals surface area contributed by atoms with Crippen molar-refractivity contribution in [3.8, 4) is 0 Å². The topological polar surface area (TPSA) is 70.2 Å². The fourth-order valence-electron chi connectivity index (χ4n) is 2.68. The van der Waals surface area contributed by atoms with Gasteiger partial charge in [0, 0.05) is 24.3 Å². The molecule has 28 heavy (non-hydrogen) atoms. The molecule has 0 unspecified atom stereocenters. The van der Waals surface area contributed by atoms with Gasteiger partial charge in [0.1, 0.15) is 0 Å². The molecule has 142 valence electrons. The molecule has 3 amide bonds. The second-order valence-corrected chi connectivity index (χ2v) is 6.54. The number of carbonyl (C=O) groups excluding carboxylic acids is 2. The lowest BCUT2D eigenvalue weighted by Gasteiger charge is -2.10. The van der Waals surface area contributed by atoms with Crippen molar-refractivity contribution in [2.75, 3.05) is 5.32 Å². The molecule has 0 saturated carbocycles. The summed E-state index contributed by atoms with van der Waals surface area (Å²) >= 11 is 0. The van der Waals surface area contributed by atoms with E-state index in [1.165, 1.54) is 5.56 Å². The monoisotopic (exact) mass is 373 g/mol. The molecule has 0 radical (unpaired) electrons. The molecule has 0 fully saturated rings. The highest BCUT2D eigenvalue weighted by molar-refractivity contribution is 6.04. The van der Waals surface area contributed by atoms with E-state index in [0.717, 1.165) is 16.8 Å². The van der Waals surface area contributed by atoms with E-state index in [1.807, 2.05) is 67.6 Å². The van der Waals surface area contributed by atoms with Crippen molar-refractivity contribution in [1.29, 1.82) is 0 Å². The molecular formula is C23H23N3O2. The molecule has 0 atom stereocenters. The normalized spacial score (nSPS) is 10.2. The fourth-order valence-corrected chi connectivity index (χ4v) is 2.68. The summed E-state index contributed by atoms with van der Waals surface area (Å²) in [6, 6.07) is 24.3. The molecule has 5 heteroatoms. The standard InChI is InChI=1S/C23H23N3O2/c1-17-10-12-18(13-11-17)15-24-23(28)25-16-19-6-5-7-20(14-19)22(27)26-21-8-3-2-4-9-21/h2-14H,15-16H2,1H3,(H,26,27)(H2,24,25,28). The van der Waals surface area contributed by atoms with Gasteiger partial charge in [0.05, 0.1) is 0 Å². The van der Waals surface area contributed by atoms with E-state index in [-0.39, 0.29) is 11.9 Å². The first-order chi connectivity index (χ1) is 13.6. The zero-order valence-electron chi connectivity index (χ0n) is 15.7. The van der Waals surface area contributed by atoms with E-state index in [0.29, 0.717) is 18.7 Å². The Morgan fingerprint density at radius 1 is 0.750 bits per heavy atom. The molecule has 0 bridgehead atoms. The van der Waals surface area contributed by atoms with Gasteiger partial charge in [0.25, 0.3) is 5.91 Å². The van der Waals surface area contributed by atoms with E-state index in [1.54, 1.807) is 18.2 Å². The molecule has 3 aromatic rings. The SMILES string of the molecule is Cc1ccc(CNC(=O)NCc2cccc(C(=O)Nc3ccccc3)c2)cc1. The van der Waals surface area contributed by atoms with Gasteiger partial charge in [-0.2, -0.15) is 0 Å². The molecule has 5 nitrogen and oxygen atoms in total. The highest BCUT2D eigenvalue weighted by atomic mass is 16.2. The Balaban J connectivity index is 1.50. The van der Waals surface area contributed by atoms with Crippen LogP contribution in [0.1, 0.15) is 27.0 Å². The Hall–Kier alpha value is -3.60. The van der Waals surface area contributed by atoms with Crippen molar-refractivity contribution in [2.45, 2.75) is 20.0 Å². The van der Waals surface area contributed by atoms with Crippen LogP contribution in [-0.4, -0.2) is 11.9 Å².